The van der Waals surface area contributed by atoms with Gasteiger partial charge in [-0.05, 0) is 51.0 Å². The van der Waals surface area contributed by atoms with Crippen LogP contribution in [0.2, 0.25) is 0 Å². The first kappa shape index (κ1) is 15.9. The zero-order valence-electron chi connectivity index (χ0n) is 11.9. The van der Waals surface area contributed by atoms with Gasteiger partial charge in [0.25, 0.3) is 0 Å². The van der Waals surface area contributed by atoms with Crippen LogP contribution in [0.15, 0.2) is 17.0 Å². The number of sulfonamides is 1. The molecular formula is C13H21NO4S. The van der Waals surface area contributed by atoms with Gasteiger partial charge in [0.1, 0.15) is 5.75 Å². The number of methoxy groups -OCH3 is 1. The fraction of sp³-hybridized carbons (Fsp3) is 0.538. The largest absolute Gasteiger partial charge is 0.497 e. The lowest BCUT2D eigenvalue weighted by Crippen LogP contribution is -2.46. The van der Waals surface area contributed by atoms with Crippen LogP contribution in [0.1, 0.15) is 25.0 Å². The monoisotopic (exact) mass is 287 g/mol. The van der Waals surface area contributed by atoms with Crippen LogP contribution in [0.5, 0.6) is 5.75 Å². The molecule has 0 spiro atoms. The Morgan fingerprint density at radius 1 is 1.26 bits per heavy atom. The second kappa shape index (κ2) is 5.48. The number of nitrogens with one attached hydrogen (secondary N) is 1. The van der Waals surface area contributed by atoms with Gasteiger partial charge in [0.2, 0.25) is 10.0 Å². The maximum Gasteiger partial charge on any atom is 0.241 e. The number of aliphatic hydroxyl groups excluding tert-OH is 1. The van der Waals surface area contributed by atoms with Gasteiger partial charge < -0.3 is 9.84 Å². The van der Waals surface area contributed by atoms with Crippen molar-refractivity contribution in [2.45, 2.75) is 38.1 Å². The first-order valence-corrected chi connectivity index (χ1v) is 7.41. The second-order valence-corrected chi connectivity index (χ2v) is 6.86. The molecule has 0 amide bonds. The normalized spacial score (nSPS) is 12.5. The van der Waals surface area contributed by atoms with E-state index in [2.05, 4.69) is 4.72 Å². The molecule has 0 aliphatic rings. The van der Waals surface area contributed by atoms with Crippen LogP contribution >= 0.6 is 0 Å². The third-order valence-electron chi connectivity index (χ3n) is 2.74. The Morgan fingerprint density at radius 2 is 1.74 bits per heavy atom. The molecule has 0 aliphatic carbocycles. The quantitative estimate of drug-likeness (QED) is 0.857. The first-order valence-electron chi connectivity index (χ1n) is 5.93. The van der Waals surface area contributed by atoms with E-state index in [0.29, 0.717) is 16.9 Å². The van der Waals surface area contributed by atoms with Crippen LogP contribution in [0.3, 0.4) is 0 Å². The van der Waals surface area contributed by atoms with E-state index in [1.54, 1.807) is 39.8 Å². The van der Waals surface area contributed by atoms with Gasteiger partial charge in [0, 0.05) is 0 Å². The van der Waals surface area contributed by atoms with Gasteiger partial charge in [-0.15, -0.1) is 0 Å². The molecule has 0 aliphatic heterocycles. The molecule has 0 bridgehead atoms. The second-order valence-electron chi connectivity index (χ2n) is 5.24. The molecule has 1 rings (SSSR count). The van der Waals surface area contributed by atoms with E-state index in [1.807, 2.05) is 0 Å². The first-order chi connectivity index (χ1) is 8.63. The molecule has 0 atom stereocenters. The van der Waals surface area contributed by atoms with Crippen molar-refractivity contribution < 1.29 is 18.3 Å². The molecule has 2 N–H and O–H groups in total. The van der Waals surface area contributed by atoms with Crippen molar-refractivity contribution in [3.63, 3.8) is 0 Å². The van der Waals surface area contributed by atoms with Crippen molar-refractivity contribution in [1.82, 2.24) is 4.72 Å². The molecule has 6 heteroatoms. The smallest absolute Gasteiger partial charge is 0.241 e. The zero-order chi connectivity index (χ0) is 14.8. The van der Waals surface area contributed by atoms with E-state index in [4.69, 9.17) is 4.74 Å². The Labute approximate surface area is 114 Å². The Morgan fingerprint density at radius 3 is 2.11 bits per heavy atom. The molecule has 0 saturated carbocycles. The topological polar surface area (TPSA) is 75.6 Å². The number of ether oxygens (including phenoxy) is 1. The molecule has 0 heterocycles. The van der Waals surface area contributed by atoms with Crippen LogP contribution in [-0.4, -0.2) is 32.8 Å². The van der Waals surface area contributed by atoms with Crippen LogP contribution in [0.4, 0.5) is 0 Å². The Hall–Kier alpha value is -1.11. The van der Waals surface area contributed by atoms with Crippen molar-refractivity contribution in [2.24, 2.45) is 0 Å². The van der Waals surface area contributed by atoms with E-state index in [0.717, 1.165) is 0 Å². The Balaban J connectivity index is 3.30. The fourth-order valence-electron chi connectivity index (χ4n) is 1.90. The molecule has 0 saturated heterocycles. The fourth-order valence-corrected chi connectivity index (χ4v) is 3.76. The number of aliphatic hydroxyl groups is 1. The molecular weight excluding hydrogens is 266 g/mol. The number of aryl methyl sites for hydroxylation is 2. The summed E-state index contributed by atoms with van der Waals surface area (Å²) in [6, 6.07) is 3.35. The molecule has 0 radical (unpaired) electrons. The lowest BCUT2D eigenvalue weighted by molar-refractivity contribution is 0.208. The van der Waals surface area contributed by atoms with Crippen LogP contribution in [-0.2, 0) is 10.0 Å². The third kappa shape index (κ3) is 3.68. The summed E-state index contributed by atoms with van der Waals surface area (Å²) in [6.07, 6.45) is 0. The predicted molar refractivity (Wildman–Crippen MR) is 74.0 cm³/mol. The van der Waals surface area contributed by atoms with Gasteiger partial charge >= 0.3 is 0 Å². The number of benzene rings is 1. The van der Waals surface area contributed by atoms with E-state index in [1.165, 1.54) is 7.11 Å². The van der Waals surface area contributed by atoms with Crippen molar-refractivity contribution >= 4 is 10.0 Å². The summed E-state index contributed by atoms with van der Waals surface area (Å²) in [7, 11) is -2.14. The van der Waals surface area contributed by atoms with Gasteiger partial charge in [0.15, 0.2) is 0 Å². The summed E-state index contributed by atoms with van der Waals surface area (Å²) in [5, 5.41) is 9.18. The van der Waals surface area contributed by atoms with Gasteiger partial charge in [-0.1, -0.05) is 0 Å². The Bertz CT molecular complexity index is 541. The van der Waals surface area contributed by atoms with E-state index in [-0.39, 0.29) is 11.5 Å². The standard InChI is InChI=1S/C13H21NO4S/c1-9-6-11(18-5)7-10(2)12(9)19(16,17)14-13(3,4)8-15/h6-7,14-15H,8H2,1-5H3. The van der Waals surface area contributed by atoms with Crippen LogP contribution in [0, 0.1) is 13.8 Å². The summed E-state index contributed by atoms with van der Waals surface area (Å²) >= 11 is 0. The predicted octanol–water partition coefficient (Wildman–Crippen LogP) is 1.36. The van der Waals surface area contributed by atoms with Crippen molar-refractivity contribution in [1.29, 1.82) is 0 Å². The third-order valence-corrected chi connectivity index (χ3v) is 4.75. The molecule has 19 heavy (non-hydrogen) atoms. The van der Waals surface area contributed by atoms with Crippen LogP contribution in [0.25, 0.3) is 0 Å². The summed E-state index contributed by atoms with van der Waals surface area (Å²) < 4.78 is 32.4. The van der Waals surface area contributed by atoms with Crippen molar-refractivity contribution in [2.75, 3.05) is 13.7 Å². The Kier molecular flexibility index (Phi) is 4.60. The molecule has 1 aromatic rings. The highest BCUT2D eigenvalue weighted by molar-refractivity contribution is 7.89. The van der Waals surface area contributed by atoms with Crippen LogP contribution < -0.4 is 9.46 Å². The average Bonchev–Trinajstić information content (AvgIpc) is 2.26. The maximum absolute atomic E-state index is 12.4. The maximum atomic E-state index is 12.4. The van der Waals surface area contributed by atoms with Crippen molar-refractivity contribution in [3.05, 3.63) is 23.3 Å². The van der Waals surface area contributed by atoms with Gasteiger partial charge in [-0.3, -0.25) is 0 Å². The molecule has 0 aromatic heterocycles. The molecule has 5 nitrogen and oxygen atoms in total. The number of rotatable bonds is 5. The van der Waals surface area contributed by atoms with Crippen molar-refractivity contribution in [3.8, 4) is 5.75 Å². The lowest BCUT2D eigenvalue weighted by atomic mass is 10.1. The highest BCUT2D eigenvalue weighted by Crippen LogP contribution is 2.26. The highest BCUT2D eigenvalue weighted by Gasteiger charge is 2.28. The minimum Gasteiger partial charge on any atom is -0.497 e. The molecule has 108 valence electrons. The van der Waals surface area contributed by atoms with Gasteiger partial charge in [-0.25, -0.2) is 13.1 Å². The van der Waals surface area contributed by atoms with Gasteiger partial charge in [0.05, 0.1) is 24.2 Å². The number of hydrogen-bond donors (Lipinski definition) is 2. The summed E-state index contributed by atoms with van der Waals surface area (Å²) in [5.74, 6) is 0.621. The van der Waals surface area contributed by atoms with E-state index in [9.17, 15) is 13.5 Å². The highest BCUT2D eigenvalue weighted by atomic mass is 32.2. The summed E-state index contributed by atoms with van der Waals surface area (Å²) in [5.41, 5.74) is 0.314. The lowest BCUT2D eigenvalue weighted by Gasteiger charge is -2.24. The minimum absolute atomic E-state index is 0.231. The summed E-state index contributed by atoms with van der Waals surface area (Å²) in [6.45, 7) is 6.41. The van der Waals surface area contributed by atoms with E-state index < -0.39 is 15.6 Å². The average molecular weight is 287 g/mol. The molecule has 0 unspecified atom stereocenters. The van der Waals surface area contributed by atoms with E-state index >= 15 is 0 Å². The minimum atomic E-state index is -3.68. The summed E-state index contributed by atoms with van der Waals surface area (Å²) in [4.78, 5) is 0.231. The van der Waals surface area contributed by atoms with Gasteiger partial charge in [-0.2, -0.15) is 0 Å². The SMILES string of the molecule is COc1cc(C)c(S(=O)(=O)NC(C)(C)CO)c(C)c1. The molecule has 0 fully saturated rings. The number of hydrogen-bond acceptors (Lipinski definition) is 4. The molecule has 1 aromatic carbocycles. The zero-order valence-corrected chi connectivity index (χ0v) is 12.8.